The minimum absolute atomic E-state index is 0.675. The molecule has 0 aliphatic heterocycles. The number of nitrogens with zero attached hydrogens (tertiary/aromatic N) is 5. The number of anilines is 6. The molecule has 2 aromatic heterocycles. The third-order valence-corrected chi connectivity index (χ3v) is 12.6. The highest BCUT2D eigenvalue weighted by molar-refractivity contribution is 6.11. The molecular weight excluding hydrogens is 819 g/mol. The molecule has 330 valence electrons. The molecule has 0 aliphatic carbocycles. The van der Waals surface area contributed by atoms with Crippen molar-refractivity contribution in [1.29, 1.82) is 0 Å². The van der Waals surface area contributed by atoms with Gasteiger partial charge in [0, 0.05) is 76.3 Å². The number of methoxy groups -OCH3 is 4. The molecule has 7 aromatic carbocycles. The lowest BCUT2D eigenvalue weighted by molar-refractivity contribution is -0.582. The van der Waals surface area contributed by atoms with Gasteiger partial charge in [0.1, 0.15) is 34.4 Å². The van der Waals surface area contributed by atoms with Gasteiger partial charge in [-0.15, -0.1) is 0 Å². The number of ether oxygens (including phenoxy) is 4. The number of hydrogen-bond acceptors (Lipinski definition) is 6. The minimum Gasteiger partial charge on any atom is -0.497 e. The van der Waals surface area contributed by atoms with E-state index in [9.17, 15) is 0 Å². The third-order valence-electron chi connectivity index (χ3n) is 12.6. The van der Waals surface area contributed by atoms with E-state index in [1.165, 1.54) is 11.1 Å². The van der Waals surface area contributed by atoms with Crippen LogP contribution in [0.3, 0.4) is 0 Å². The predicted molar refractivity (Wildman–Crippen MR) is 270 cm³/mol. The summed E-state index contributed by atoms with van der Waals surface area (Å²) in [5.41, 5.74) is 13.0. The number of hydrogen-bond donors (Lipinski definition) is 0. The van der Waals surface area contributed by atoms with Crippen LogP contribution in [0.2, 0.25) is 0 Å². The molecule has 9 heteroatoms. The molecule has 9 nitrogen and oxygen atoms in total. The first-order chi connectivity index (χ1) is 32.2. The van der Waals surface area contributed by atoms with Gasteiger partial charge >= 0.3 is 0 Å². The van der Waals surface area contributed by atoms with Crippen molar-refractivity contribution >= 4 is 68.3 Å². The lowest BCUT2D eigenvalue weighted by Gasteiger charge is -2.26. The smallest absolute Gasteiger partial charge is 0.270 e. The summed E-state index contributed by atoms with van der Waals surface area (Å²) in [6.07, 6.45) is 4.50. The lowest BCUT2D eigenvalue weighted by atomic mass is 10.1. The van der Waals surface area contributed by atoms with Gasteiger partial charge in [-0.1, -0.05) is 37.4 Å². The highest BCUT2D eigenvalue weighted by atomic mass is 16.5. The van der Waals surface area contributed by atoms with Crippen molar-refractivity contribution in [2.24, 2.45) is 0 Å². The molecule has 0 radical (unpaired) electrons. The average Bonchev–Trinajstić information content (AvgIpc) is 3.79. The van der Waals surface area contributed by atoms with E-state index < -0.39 is 0 Å². The van der Waals surface area contributed by atoms with Gasteiger partial charge < -0.3 is 33.3 Å². The van der Waals surface area contributed by atoms with E-state index in [1.54, 1.807) is 28.4 Å². The first-order valence-corrected chi connectivity index (χ1v) is 21.9. The number of rotatable bonds is 16. The molecule has 66 heavy (non-hydrogen) atoms. The maximum atomic E-state index is 5.56. The van der Waals surface area contributed by atoms with Crippen LogP contribution in [0, 0.1) is 13.8 Å². The van der Waals surface area contributed by atoms with Gasteiger partial charge in [-0.25, -0.2) is 9.13 Å². The molecule has 2 heterocycles. The number of fused-ring (bicyclic) bond motifs is 3. The molecule has 0 spiro atoms. The fourth-order valence-corrected chi connectivity index (χ4v) is 8.98. The van der Waals surface area contributed by atoms with Crippen LogP contribution in [0.4, 0.5) is 34.1 Å². The van der Waals surface area contributed by atoms with Gasteiger partial charge in [-0.3, -0.25) is 0 Å². The van der Waals surface area contributed by atoms with Crippen molar-refractivity contribution < 1.29 is 23.5 Å². The number of aromatic nitrogens is 3. The molecule has 0 unspecified atom stereocenters. The zero-order valence-corrected chi connectivity index (χ0v) is 38.4. The summed E-state index contributed by atoms with van der Waals surface area (Å²) in [5, 5.41) is 2.25. The Morgan fingerprint density at radius 2 is 0.848 bits per heavy atom. The summed E-state index contributed by atoms with van der Waals surface area (Å²) >= 11 is 0. The first kappa shape index (κ1) is 43.1. The zero-order valence-electron chi connectivity index (χ0n) is 38.4. The second-order valence-electron chi connectivity index (χ2n) is 16.1. The minimum atomic E-state index is 0.675. The summed E-state index contributed by atoms with van der Waals surface area (Å²) in [5.74, 6) is 4.30. The Bertz CT molecular complexity index is 2890. The highest BCUT2D eigenvalue weighted by Gasteiger charge is 2.24. The lowest BCUT2D eigenvalue weighted by Crippen LogP contribution is -2.33. The maximum absolute atomic E-state index is 5.56. The van der Waals surface area contributed by atoms with E-state index in [4.69, 9.17) is 18.9 Å². The molecule has 0 saturated heterocycles. The second-order valence-corrected chi connectivity index (χ2v) is 16.1. The Morgan fingerprint density at radius 3 is 1.20 bits per heavy atom. The summed E-state index contributed by atoms with van der Waals surface area (Å²) < 4.78 is 29.0. The van der Waals surface area contributed by atoms with Gasteiger partial charge in [-0.05, 0) is 145 Å². The predicted octanol–water partition coefficient (Wildman–Crippen LogP) is 13.3. The van der Waals surface area contributed by atoms with E-state index in [0.29, 0.717) is 6.54 Å². The van der Waals surface area contributed by atoms with Crippen LogP contribution in [0.15, 0.2) is 171 Å². The van der Waals surface area contributed by atoms with Crippen LogP contribution in [0.1, 0.15) is 28.3 Å². The molecule has 0 bridgehead atoms. The van der Waals surface area contributed by atoms with Crippen LogP contribution in [-0.4, -0.2) is 37.6 Å². The van der Waals surface area contributed by atoms with E-state index in [1.807, 2.05) is 60.9 Å². The normalized spacial score (nSPS) is 11.1. The van der Waals surface area contributed by atoms with E-state index in [0.717, 1.165) is 103 Å². The van der Waals surface area contributed by atoms with Crippen molar-refractivity contribution in [2.45, 2.75) is 26.8 Å². The molecule has 0 saturated carbocycles. The van der Waals surface area contributed by atoms with Crippen molar-refractivity contribution in [3.05, 3.63) is 199 Å². The number of benzene rings is 7. The van der Waals surface area contributed by atoms with Crippen LogP contribution >= 0.6 is 0 Å². The van der Waals surface area contributed by atoms with E-state index in [-0.39, 0.29) is 0 Å². The van der Waals surface area contributed by atoms with E-state index >= 15 is 0 Å². The zero-order chi connectivity index (χ0) is 45.9. The molecule has 9 aromatic rings. The van der Waals surface area contributed by atoms with Gasteiger partial charge in [-0.2, -0.15) is 0 Å². The summed E-state index contributed by atoms with van der Waals surface area (Å²) in [4.78, 5) is 4.54. The first-order valence-electron chi connectivity index (χ1n) is 21.9. The van der Waals surface area contributed by atoms with Crippen molar-refractivity contribution in [1.82, 2.24) is 9.13 Å². The van der Waals surface area contributed by atoms with Crippen LogP contribution in [0.25, 0.3) is 34.2 Å². The van der Waals surface area contributed by atoms with E-state index in [2.05, 4.69) is 160 Å². The van der Waals surface area contributed by atoms with Gasteiger partial charge in [0.25, 0.3) is 5.82 Å². The van der Waals surface area contributed by atoms with Crippen LogP contribution in [0.5, 0.6) is 23.0 Å². The fraction of sp³-hybridized carbons (Fsp3) is 0.140. The van der Waals surface area contributed by atoms with Crippen LogP contribution in [-0.2, 0) is 13.0 Å². The number of imidazole rings is 1. The van der Waals surface area contributed by atoms with Gasteiger partial charge in [0.05, 0.1) is 47.3 Å². The molecule has 0 amide bonds. The van der Waals surface area contributed by atoms with Crippen LogP contribution < -0.4 is 33.3 Å². The second kappa shape index (κ2) is 18.5. The van der Waals surface area contributed by atoms with Crippen molar-refractivity contribution in [3.63, 3.8) is 0 Å². The van der Waals surface area contributed by atoms with Gasteiger partial charge in [0.15, 0.2) is 0 Å². The Balaban J connectivity index is 1.20. The molecule has 0 aliphatic rings. The quantitative estimate of drug-likeness (QED) is 0.0902. The standard InChI is InChI=1S/C57H54N5O4/c1-9-58-39(3)40(4)59(10-2)57(58)35-41-11-13-42(14-12-41)38-60-55-33-23-47(61(43-15-25-49(63-5)26-16-43)44-17-27-50(64-6)28-18-44)36-53(55)54-37-48(24-34-56(54)60)62(45-19-29-51(65-7)30-20-45)46-21-31-52(66-8)32-22-46/h9-34,36-37H,1-2,35,38H2,3-8H3/q+1. The maximum Gasteiger partial charge on any atom is 0.270 e. The Morgan fingerprint density at radius 1 is 0.485 bits per heavy atom. The Labute approximate surface area is 386 Å². The van der Waals surface area contributed by atoms with Crippen molar-refractivity contribution in [3.8, 4) is 23.0 Å². The SMILES string of the molecule is C=Cn1c(C)c(C)[n+](C=C)c1Cc1ccc(Cn2c3ccc(N(c4ccc(OC)cc4)c4ccc(OC)cc4)cc3c3cc(N(c4ccc(OC)cc4)c4ccc(OC)cc4)ccc32)cc1. The molecule has 0 N–H and O–H groups in total. The molecule has 0 fully saturated rings. The van der Waals surface area contributed by atoms with Crippen molar-refractivity contribution in [2.75, 3.05) is 38.2 Å². The largest absolute Gasteiger partial charge is 0.497 e. The van der Waals surface area contributed by atoms with Gasteiger partial charge in [0.2, 0.25) is 0 Å². The summed E-state index contributed by atoms with van der Waals surface area (Å²) in [6, 6.07) is 55.2. The monoisotopic (exact) mass is 872 g/mol. The summed E-state index contributed by atoms with van der Waals surface area (Å²) in [6.45, 7) is 13.1. The molecular formula is C57H54N5O4+. The molecule has 9 rings (SSSR count). The third kappa shape index (κ3) is 8.11. The fourth-order valence-electron chi connectivity index (χ4n) is 8.98. The average molecular weight is 873 g/mol. The summed E-state index contributed by atoms with van der Waals surface area (Å²) in [7, 11) is 6.76. The Hall–Kier alpha value is -8.17. The Kier molecular flexibility index (Phi) is 12.1. The molecule has 0 atom stereocenters. The highest BCUT2D eigenvalue weighted by Crippen LogP contribution is 2.43. The topological polar surface area (TPSA) is 57.1 Å².